The van der Waals surface area contributed by atoms with Crippen molar-refractivity contribution in [2.45, 2.75) is 25.9 Å². The van der Waals surface area contributed by atoms with Crippen LogP contribution in [0.5, 0.6) is 0 Å². The third-order valence-electron chi connectivity index (χ3n) is 5.82. The van der Waals surface area contributed by atoms with Gasteiger partial charge in [0.15, 0.2) is 0 Å². The topological polar surface area (TPSA) is 107 Å². The number of fused-ring (bicyclic) bond motifs is 2. The number of amides is 2. The Kier molecular flexibility index (Phi) is 5.95. The highest BCUT2D eigenvalue weighted by atomic mass is 16.6. The number of carbonyl (C=O) groups excluding carboxylic acids is 4. The van der Waals surface area contributed by atoms with E-state index in [2.05, 4.69) is 4.74 Å². The van der Waals surface area contributed by atoms with E-state index >= 15 is 0 Å². The summed E-state index contributed by atoms with van der Waals surface area (Å²) in [6, 6.07) is 19.6. The summed E-state index contributed by atoms with van der Waals surface area (Å²) in [6.45, 7) is 1.08. The highest BCUT2D eigenvalue weighted by Crippen LogP contribution is 2.47. The van der Waals surface area contributed by atoms with E-state index in [-0.39, 0.29) is 47.4 Å². The first kappa shape index (κ1) is 20.9. The van der Waals surface area contributed by atoms with Crippen molar-refractivity contribution in [1.82, 2.24) is 4.90 Å². The predicted molar refractivity (Wildman–Crippen MR) is 111 cm³/mol. The summed E-state index contributed by atoms with van der Waals surface area (Å²) in [5.41, 5.74) is 7.55. The van der Waals surface area contributed by atoms with Crippen LogP contribution in [0, 0.1) is 23.7 Å². The monoisotopic (exact) mass is 420 g/mol. The quantitative estimate of drug-likeness (QED) is 0.463. The molecule has 160 valence electrons. The lowest BCUT2D eigenvalue weighted by Gasteiger charge is -2.15. The van der Waals surface area contributed by atoms with E-state index in [1.165, 1.54) is 10.5 Å². The van der Waals surface area contributed by atoms with Crippen molar-refractivity contribution in [3.05, 3.63) is 71.8 Å². The minimum absolute atomic E-state index is 0.0150. The predicted octanol–water partition coefficient (Wildman–Crippen LogP) is 2.04. The zero-order valence-electron chi connectivity index (χ0n) is 17.0. The van der Waals surface area contributed by atoms with Crippen LogP contribution in [0.15, 0.2) is 60.7 Å². The normalized spacial score (nSPS) is 26.7. The number of esters is 2. The van der Waals surface area contributed by atoms with Gasteiger partial charge in [-0.15, -0.1) is 0 Å². The van der Waals surface area contributed by atoms with Gasteiger partial charge < -0.3 is 10.5 Å². The molecule has 2 amide bonds. The van der Waals surface area contributed by atoms with Gasteiger partial charge in [0.05, 0.1) is 30.2 Å². The highest BCUT2D eigenvalue weighted by molar-refractivity contribution is 6.08. The van der Waals surface area contributed by atoms with Crippen molar-refractivity contribution in [2.75, 3.05) is 0 Å². The molecule has 31 heavy (non-hydrogen) atoms. The molecule has 0 aromatic heterocycles. The average molecular weight is 420 g/mol. The Morgan fingerprint density at radius 3 is 1.52 bits per heavy atom. The van der Waals surface area contributed by atoms with E-state index in [0.717, 1.165) is 18.4 Å². The van der Waals surface area contributed by atoms with Gasteiger partial charge in [0, 0.05) is 6.54 Å². The SMILES string of the molecule is NCc1ccccc1.O=C1C2CC2C(=O)N1Cc1ccccc1.O=C1OC(=O)C2CC12. The molecule has 2 saturated carbocycles. The molecule has 0 radical (unpaired) electrons. The summed E-state index contributed by atoms with van der Waals surface area (Å²) >= 11 is 0. The molecule has 4 aliphatic rings. The van der Waals surface area contributed by atoms with Crippen LogP contribution >= 0.6 is 0 Å². The van der Waals surface area contributed by atoms with Crippen molar-refractivity contribution in [1.29, 1.82) is 0 Å². The second-order valence-corrected chi connectivity index (χ2v) is 8.08. The molecule has 0 spiro atoms. The van der Waals surface area contributed by atoms with Crippen molar-refractivity contribution in [2.24, 2.45) is 29.4 Å². The van der Waals surface area contributed by atoms with Crippen LogP contribution < -0.4 is 5.73 Å². The molecule has 4 unspecified atom stereocenters. The van der Waals surface area contributed by atoms with Gasteiger partial charge >= 0.3 is 11.9 Å². The number of imide groups is 1. The number of nitrogens with zero attached hydrogens (tertiary/aromatic N) is 1. The van der Waals surface area contributed by atoms with Gasteiger partial charge in [-0.25, -0.2) is 0 Å². The Bertz CT molecular complexity index is 954. The molecular formula is C24H24N2O5. The fourth-order valence-electron chi connectivity index (χ4n) is 3.75. The first-order valence-electron chi connectivity index (χ1n) is 10.4. The van der Waals surface area contributed by atoms with Crippen molar-refractivity contribution in [3.63, 3.8) is 0 Å². The molecule has 2 aliphatic carbocycles. The Morgan fingerprint density at radius 2 is 1.16 bits per heavy atom. The lowest BCUT2D eigenvalue weighted by atomic mass is 10.2. The maximum Gasteiger partial charge on any atom is 0.317 e. The van der Waals surface area contributed by atoms with Gasteiger partial charge in [0.1, 0.15) is 0 Å². The molecule has 2 heterocycles. The number of ether oxygens (including phenoxy) is 1. The summed E-state index contributed by atoms with van der Waals surface area (Å²) in [5, 5.41) is 0. The maximum absolute atomic E-state index is 11.7. The van der Waals surface area contributed by atoms with Gasteiger partial charge in [-0.2, -0.15) is 0 Å². The minimum Gasteiger partial charge on any atom is -0.393 e. The van der Waals surface area contributed by atoms with Crippen molar-refractivity contribution >= 4 is 23.8 Å². The number of carbonyl (C=O) groups is 4. The highest BCUT2D eigenvalue weighted by Gasteiger charge is 2.58. The van der Waals surface area contributed by atoms with Gasteiger partial charge in [0.25, 0.3) is 0 Å². The number of piperidine rings is 1. The number of hydrogen-bond donors (Lipinski definition) is 1. The van der Waals surface area contributed by atoms with Crippen LogP contribution in [0.1, 0.15) is 24.0 Å². The Hall–Kier alpha value is -3.32. The Balaban J connectivity index is 0.000000123. The van der Waals surface area contributed by atoms with E-state index in [0.29, 0.717) is 13.1 Å². The van der Waals surface area contributed by atoms with E-state index in [9.17, 15) is 19.2 Å². The van der Waals surface area contributed by atoms with Crippen molar-refractivity contribution < 1.29 is 23.9 Å². The smallest absolute Gasteiger partial charge is 0.317 e. The molecular weight excluding hydrogens is 396 g/mol. The molecule has 7 nitrogen and oxygen atoms in total. The van der Waals surface area contributed by atoms with Crippen LogP contribution in [0.4, 0.5) is 0 Å². The van der Waals surface area contributed by atoms with Gasteiger partial charge in [-0.1, -0.05) is 60.7 Å². The first-order chi connectivity index (χ1) is 15.0. The second-order valence-electron chi connectivity index (χ2n) is 8.08. The number of hydrogen-bond acceptors (Lipinski definition) is 6. The summed E-state index contributed by atoms with van der Waals surface area (Å²) in [5.74, 6) is -0.671. The largest absolute Gasteiger partial charge is 0.393 e. The van der Waals surface area contributed by atoms with Crippen LogP contribution in [0.2, 0.25) is 0 Å². The minimum atomic E-state index is -0.319. The van der Waals surface area contributed by atoms with Gasteiger partial charge in [0.2, 0.25) is 11.8 Å². The van der Waals surface area contributed by atoms with Crippen LogP contribution in [-0.4, -0.2) is 28.7 Å². The molecule has 0 bridgehead atoms. The van der Waals surface area contributed by atoms with E-state index in [4.69, 9.17) is 5.73 Å². The van der Waals surface area contributed by atoms with Gasteiger partial charge in [-0.05, 0) is 24.0 Å². The van der Waals surface area contributed by atoms with E-state index in [1.807, 2.05) is 60.7 Å². The van der Waals surface area contributed by atoms with E-state index < -0.39 is 0 Å². The Labute approximate surface area is 180 Å². The van der Waals surface area contributed by atoms with Crippen LogP contribution in [0.25, 0.3) is 0 Å². The zero-order valence-corrected chi connectivity index (χ0v) is 17.0. The lowest BCUT2D eigenvalue weighted by Crippen LogP contribution is -2.32. The Morgan fingerprint density at radius 1 is 0.710 bits per heavy atom. The number of likely N-dealkylation sites (tertiary alicyclic amines) is 1. The molecule has 2 N–H and O–H groups in total. The average Bonchev–Trinajstić information content (AvgIpc) is 3.70. The molecule has 2 aromatic carbocycles. The standard InChI is InChI=1S/C12H11NO2.C7H9N.C5H4O3/c14-11-9-6-10(9)12(15)13(11)7-8-4-2-1-3-5-8;8-6-7-4-2-1-3-5-7;6-4-2-1-3(2)5(7)8-4/h1-5,9-10H,6-7H2;1-5H,6,8H2;2-3H,1H2. The third-order valence-corrected chi connectivity index (χ3v) is 5.82. The fraction of sp³-hybridized carbons (Fsp3) is 0.333. The van der Waals surface area contributed by atoms with Crippen LogP contribution in [0.3, 0.4) is 0 Å². The van der Waals surface area contributed by atoms with E-state index in [1.54, 1.807) is 0 Å². The molecule has 7 heteroatoms. The summed E-state index contributed by atoms with van der Waals surface area (Å²) in [6.07, 6.45) is 1.51. The van der Waals surface area contributed by atoms with Crippen molar-refractivity contribution in [3.8, 4) is 0 Å². The molecule has 4 atom stereocenters. The number of benzene rings is 2. The molecule has 2 aromatic rings. The van der Waals surface area contributed by atoms with Crippen LogP contribution in [-0.2, 0) is 37.0 Å². The number of cyclic esters (lactones) is 2. The maximum atomic E-state index is 11.7. The summed E-state index contributed by atoms with van der Waals surface area (Å²) in [4.78, 5) is 45.5. The third kappa shape index (κ3) is 4.72. The lowest BCUT2D eigenvalue weighted by molar-refractivity contribution is -0.155. The molecule has 2 aliphatic heterocycles. The second kappa shape index (κ2) is 8.81. The van der Waals surface area contributed by atoms with Gasteiger partial charge in [-0.3, -0.25) is 24.1 Å². The zero-order chi connectivity index (χ0) is 22.0. The number of rotatable bonds is 3. The summed E-state index contributed by atoms with van der Waals surface area (Å²) < 4.78 is 4.25. The molecule has 2 saturated heterocycles. The summed E-state index contributed by atoms with van der Waals surface area (Å²) in [7, 11) is 0. The molecule has 6 rings (SSSR count). The first-order valence-corrected chi connectivity index (χ1v) is 10.4. The molecule has 4 fully saturated rings. The number of nitrogens with two attached hydrogens (primary N) is 1. The fourth-order valence-corrected chi connectivity index (χ4v) is 3.75.